The molecule has 0 saturated heterocycles. The largest absolute Gasteiger partial charge is 0.310 e. The van der Waals surface area contributed by atoms with E-state index in [1.165, 1.54) is 61.8 Å². The molecule has 0 bridgehead atoms. The number of anilines is 6. The number of para-hydroxylation sites is 5. The van der Waals surface area contributed by atoms with Crippen LogP contribution < -0.4 is 9.80 Å². The minimum atomic E-state index is -0.556. The minimum absolute atomic E-state index is 0.227. The van der Waals surface area contributed by atoms with Gasteiger partial charge in [0.05, 0.1) is 28.2 Å². The van der Waals surface area contributed by atoms with Gasteiger partial charge in [0.2, 0.25) is 0 Å². The maximum absolute atomic E-state index is 2.51. The summed E-state index contributed by atoms with van der Waals surface area (Å²) in [6, 6.07) is 66.8. The molecule has 2 heteroatoms. The van der Waals surface area contributed by atoms with Gasteiger partial charge in [-0.25, -0.2) is 0 Å². The van der Waals surface area contributed by atoms with Crippen LogP contribution in [0.1, 0.15) is 47.2 Å². The number of benzene rings is 7. The normalized spacial score (nSPS) is 15.1. The van der Waals surface area contributed by atoms with Crippen LogP contribution in [0, 0.1) is 0 Å². The first-order valence-electron chi connectivity index (χ1n) is 16.8. The first-order chi connectivity index (χ1) is 23.6. The summed E-state index contributed by atoms with van der Waals surface area (Å²) >= 11 is 0. The summed E-state index contributed by atoms with van der Waals surface area (Å²) in [5.74, 6) is 0. The van der Waals surface area contributed by atoms with Crippen molar-refractivity contribution in [2.45, 2.75) is 24.7 Å². The molecule has 0 N–H and O–H groups in total. The van der Waals surface area contributed by atoms with Gasteiger partial charge in [-0.15, -0.1) is 0 Å². The zero-order chi connectivity index (χ0) is 32.3. The van der Waals surface area contributed by atoms with Crippen molar-refractivity contribution < 1.29 is 0 Å². The summed E-state index contributed by atoms with van der Waals surface area (Å²) in [7, 11) is 0. The lowest BCUT2D eigenvalue weighted by molar-refractivity contribution is 0.626. The molecule has 0 unspecified atom stereocenters. The quantitative estimate of drug-likeness (QED) is 0.194. The van der Waals surface area contributed by atoms with Crippen molar-refractivity contribution in [2.24, 2.45) is 0 Å². The molecule has 2 nitrogen and oxygen atoms in total. The first-order valence-corrected chi connectivity index (χ1v) is 16.8. The molecular weight excluding hydrogens is 581 g/mol. The number of hydrogen-bond donors (Lipinski definition) is 0. The molecule has 9 rings (SSSR count). The predicted octanol–water partition coefficient (Wildman–Crippen LogP) is 12.0. The van der Waals surface area contributed by atoms with Gasteiger partial charge >= 0.3 is 0 Å². The summed E-state index contributed by atoms with van der Waals surface area (Å²) in [5.41, 5.74) is 14.1. The Hall–Kier alpha value is -5.86. The van der Waals surface area contributed by atoms with Gasteiger partial charge in [-0.1, -0.05) is 147 Å². The van der Waals surface area contributed by atoms with Crippen LogP contribution in [0.3, 0.4) is 0 Å². The van der Waals surface area contributed by atoms with Crippen LogP contribution in [0.2, 0.25) is 0 Å². The molecule has 0 atom stereocenters. The Kier molecular flexibility index (Phi) is 6.42. The SMILES string of the molecule is CC1(C)c2ccccc2N(c2ccccc2)c2ccc(C3(c4ccccc4)c4ccccc4N(c4ccccc4)c4ccccc43)cc21. The Morgan fingerprint density at radius 3 is 1.25 bits per heavy atom. The summed E-state index contributed by atoms with van der Waals surface area (Å²) < 4.78 is 0. The highest BCUT2D eigenvalue weighted by molar-refractivity contribution is 5.91. The van der Waals surface area contributed by atoms with Crippen molar-refractivity contribution in [1.29, 1.82) is 0 Å². The maximum Gasteiger partial charge on any atom is 0.0742 e. The Bertz CT molecular complexity index is 2220. The van der Waals surface area contributed by atoms with Gasteiger partial charge in [0, 0.05) is 16.8 Å². The highest BCUT2D eigenvalue weighted by Crippen LogP contribution is 2.59. The van der Waals surface area contributed by atoms with E-state index in [1.807, 2.05) is 0 Å². The number of nitrogens with zero attached hydrogens (tertiary/aromatic N) is 2. The van der Waals surface area contributed by atoms with Crippen LogP contribution in [0.15, 0.2) is 182 Å². The van der Waals surface area contributed by atoms with E-state index in [2.05, 4.69) is 206 Å². The molecule has 230 valence electrons. The fraction of sp³-hybridized carbons (Fsp3) is 0.0870. The van der Waals surface area contributed by atoms with E-state index in [0.29, 0.717) is 0 Å². The number of hydrogen-bond acceptors (Lipinski definition) is 2. The van der Waals surface area contributed by atoms with Gasteiger partial charge < -0.3 is 9.80 Å². The third-order valence-electron chi connectivity index (χ3n) is 10.5. The first kappa shape index (κ1) is 28.4. The molecule has 7 aromatic carbocycles. The van der Waals surface area contributed by atoms with Crippen molar-refractivity contribution in [3.63, 3.8) is 0 Å². The van der Waals surface area contributed by atoms with Crippen LogP contribution in [-0.4, -0.2) is 0 Å². The van der Waals surface area contributed by atoms with E-state index in [1.54, 1.807) is 0 Å². The Balaban J connectivity index is 1.38. The van der Waals surface area contributed by atoms with E-state index in [9.17, 15) is 0 Å². The van der Waals surface area contributed by atoms with Gasteiger partial charge in [0.1, 0.15) is 0 Å². The average molecular weight is 617 g/mol. The Labute approximate surface area is 283 Å². The smallest absolute Gasteiger partial charge is 0.0742 e. The molecule has 0 amide bonds. The zero-order valence-electron chi connectivity index (χ0n) is 27.2. The molecule has 0 saturated carbocycles. The number of fused-ring (bicyclic) bond motifs is 4. The van der Waals surface area contributed by atoms with Crippen LogP contribution in [0.25, 0.3) is 0 Å². The predicted molar refractivity (Wildman–Crippen MR) is 200 cm³/mol. The lowest BCUT2D eigenvalue weighted by Gasteiger charge is -2.47. The molecule has 0 radical (unpaired) electrons. The van der Waals surface area contributed by atoms with Crippen LogP contribution in [0.5, 0.6) is 0 Å². The van der Waals surface area contributed by atoms with E-state index >= 15 is 0 Å². The van der Waals surface area contributed by atoms with Crippen molar-refractivity contribution in [3.05, 3.63) is 215 Å². The van der Waals surface area contributed by atoms with E-state index in [-0.39, 0.29) is 5.41 Å². The summed E-state index contributed by atoms with van der Waals surface area (Å²) in [6.07, 6.45) is 0. The van der Waals surface area contributed by atoms with Gasteiger partial charge in [-0.2, -0.15) is 0 Å². The third kappa shape index (κ3) is 3.99. The molecule has 0 spiro atoms. The van der Waals surface area contributed by atoms with E-state index in [4.69, 9.17) is 0 Å². The number of rotatable bonds is 4. The fourth-order valence-electron chi connectivity index (χ4n) is 8.37. The van der Waals surface area contributed by atoms with Gasteiger partial charge in [0.15, 0.2) is 0 Å². The van der Waals surface area contributed by atoms with Crippen molar-refractivity contribution >= 4 is 34.1 Å². The molecule has 7 aromatic rings. The van der Waals surface area contributed by atoms with Crippen molar-refractivity contribution in [3.8, 4) is 0 Å². The van der Waals surface area contributed by atoms with Gasteiger partial charge in [-0.3, -0.25) is 0 Å². The lowest BCUT2D eigenvalue weighted by atomic mass is 9.61. The minimum Gasteiger partial charge on any atom is -0.310 e. The molecule has 0 fully saturated rings. The summed E-state index contributed by atoms with van der Waals surface area (Å²) in [6.45, 7) is 4.76. The average Bonchev–Trinajstić information content (AvgIpc) is 3.15. The van der Waals surface area contributed by atoms with Crippen LogP contribution in [-0.2, 0) is 10.8 Å². The molecular formula is C46H36N2. The van der Waals surface area contributed by atoms with Crippen molar-refractivity contribution in [2.75, 3.05) is 9.80 Å². The Morgan fingerprint density at radius 2 is 0.729 bits per heavy atom. The zero-order valence-corrected chi connectivity index (χ0v) is 27.2. The van der Waals surface area contributed by atoms with Crippen LogP contribution in [0.4, 0.5) is 34.1 Å². The second-order valence-corrected chi connectivity index (χ2v) is 13.4. The van der Waals surface area contributed by atoms with E-state index in [0.717, 1.165) is 5.69 Å². The molecule has 0 aliphatic carbocycles. The van der Waals surface area contributed by atoms with Crippen molar-refractivity contribution in [1.82, 2.24) is 0 Å². The highest BCUT2D eigenvalue weighted by Gasteiger charge is 2.47. The monoisotopic (exact) mass is 616 g/mol. The van der Waals surface area contributed by atoms with Crippen LogP contribution >= 0.6 is 0 Å². The fourth-order valence-corrected chi connectivity index (χ4v) is 8.37. The lowest BCUT2D eigenvalue weighted by Crippen LogP contribution is -2.38. The molecule has 48 heavy (non-hydrogen) atoms. The molecule has 2 aliphatic heterocycles. The van der Waals surface area contributed by atoms with Gasteiger partial charge in [0.25, 0.3) is 0 Å². The summed E-state index contributed by atoms with van der Waals surface area (Å²) in [4.78, 5) is 4.87. The second-order valence-electron chi connectivity index (χ2n) is 13.4. The second kappa shape index (κ2) is 10.9. The van der Waals surface area contributed by atoms with Gasteiger partial charge in [-0.05, 0) is 81.9 Å². The summed E-state index contributed by atoms with van der Waals surface area (Å²) in [5, 5.41) is 0. The van der Waals surface area contributed by atoms with E-state index < -0.39 is 5.41 Å². The molecule has 2 heterocycles. The topological polar surface area (TPSA) is 6.48 Å². The standard InChI is InChI=1S/C46H36N2/c1-45(2)37-24-12-15-27-41(37)47(35-20-8-4-9-21-35)44-31-30-34(32-40(44)45)46(33-18-6-3-7-19-33)38-25-13-16-28-42(38)48(36-22-10-5-11-23-36)43-29-17-14-26-39(43)46/h3-32H,1-2H3. The molecule has 2 aliphatic rings. The maximum atomic E-state index is 2.51. The highest BCUT2D eigenvalue weighted by atomic mass is 15.2. The Morgan fingerprint density at radius 1 is 0.333 bits per heavy atom. The molecule has 0 aromatic heterocycles. The third-order valence-corrected chi connectivity index (χ3v) is 10.5.